The van der Waals surface area contributed by atoms with Crippen molar-refractivity contribution in [3.63, 3.8) is 0 Å². The number of hydrogen-bond donors (Lipinski definition) is 1. The van der Waals surface area contributed by atoms with Crippen molar-refractivity contribution in [1.29, 1.82) is 0 Å². The molecule has 1 N–H and O–H groups in total. The number of nitrogens with one attached hydrogen (secondary N) is 1. The molecule has 8 nitrogen and oxygen atoms in total. The molecule has 0 radical (unpaired) electrons. The maximum absolute atomic E-state index is 13.3. The Kier molecular flexibility index (Phi) is 6.37. The summed E-state index contributed by atoms with van der Waals surface area (Å²) in [5, 5.41) is 3.50. The van der Waals surface area contributed by atoms with Crippen LogP contribution in [-0.4, -0.2) is 48.2 Å². The zero-order chi connectivity index (χ0) is 26.2. The predicted molar refractivity (Wildman–Crippen MR) is 145 cm³/mol. The number of aromatic nitrogens is 1. The molecule has 6 rings (SSSR count). The summed E-state index contributed by atoms with van der Waals surface area (Å²) in [6, 6.07) is 12.9. The average molecular weight is 530 g/mol. The lowest BCUT2D eigenvalue weighted by Gasteiger charge is -2.27. The van der Waals surface area contributed by atoms with Gasteiger partial charge in [-0.05, 0) is 48.7 Å². The Balaban J connectivity index is 1.13. The number of likely N-dealkylation sites (tertiary alicyclic amines) is 1. The lowest BCUT2D eigenvalue weighted by atomic mass is 9.90. The summed E-state index contributed by atoms with van der Waals surface area (Å²) in [6.45, 7) is 2.89. The van der Waals surface area contributed by atoms with E-state index in [0.29, 0.717) is 34.5 Å². The lowest BCUT2D eigenvalue weighted by Crippen LogP contribution is -2.37. The molecule has 2 atom stereocenters. The van der Waals surface area contributed by atoms with Crippen molar-refractivity contribution in [2.75, 3.05) is 25.8 Å². The van der Waals surface area contributed by atoms with Gasteiger partial charge >= 0.3 is 0 Å². The van der Waals surface area contributed by atoms with Crippen molar-refractivity contribution in [3.05, 3.63) is 82.4 Å². The minimum atomic E-state index is -0.140. The van der Waals surface area contributed by atoms with Gasteiger partial charge < -0.3 is 24.4 Å². The van der Waals surface area contributed by atoms with E-state index in [1.165, 1.54) is 11.3 Å². The number of hydrogen-bond acceptors (Lipinski definition) is 7. The lowest BCUT2D eigenvalue weighted by molar-refractivity contribution is -0.115. The number of rotatable bonds is 6. The number of carbonyl (C=O) groups is 2. The van der Waals surface area contributed by atoms with Gasteiger partial charge in [-0.15, -0.1) is 11.3 Å². The van der Waals surface area contributed by atoms with Crippen LogP contribution in [0.3, 0.4) is 0 Å². The number of fused-ring (bicyclic) bond motifs is 2. The summed E-state index contributed by atoms with van der Waals surface area (Å²) in [5.74, 6) is 1.99. The van der Waals surface area contributed by atoms with Crippen molar-refractivity contribution in [1.82, 2.24) is 9.88 Å². The fourth-order valence-electron chi connectivity index (χ4n) is 5.24. The first-order valence-corrected chi connectivity index (χ1v) is 13.3. The number of anilines is 1. The standard InChI is InChI=1S/C29H27N3O5S/c1-17-27(31-29(38-17)30-26(33)14-18-7-10-24-25(13-18)37-16-36-24)20-8-9-22-19(15-20)11-12-32(22)28(34)21-5-3-4-6-23(21)35-2/h3-10,13,15,19,22H,11-12,14,16H2,1-2H3,(H,30,31,33). The van der Waals surface area contributed by atoms with Crippen LogP contribution in [0.5, 0.6) is 17.2 Å². The van der Waals surface area contributed by atoms with Gasteiger partial charge in [0, 0.05) is 17.3 Å². The number of amides is 2. The highest BCUT2D eigenvalue weighted by molar-refractivity contribution is 7.15. The first-order chi connectivity index (χ1) is 18.5. The molecule has 9 heteroatoms. The normalized spacial score (nSPS) is 19.2. The summed E-state index contributed by atoms with van der Waals surface area (Å²) in [4.78, 5) is 33.7. The second kappa shape index (κ2) is 9.98. The second-order valence-corrected chi connectivity index (χ2v) is 10.7. The quantitative estimate of drug-likeness (QED) is 0.491. The van der Waals surface area contributed by atoms with Crippen molar-refractivity contribution in [2.45, 2.75) is 25.8 Å². The third-order valence-electron chi connectivity index (χ3n) is 7.08. The Morgan fingerprint density at radius 3 is 2.89 bits per heavy atom. The van der Waals surface area contributed by atoms with Crippen LogP contribution >= 0.6 is 11.3 Å². The predicted octanol–water partition coefficient (Wildman–Crippen LogP) is 4.85. The van der Waals surface area contributed by atoms with Crippen molar-refractivity contribution >= 4 is 33.9 Å². The fraction of sp³-hybridized carbons (Fsp3) is 0.276. The van der Waals surface area contributed by atoms with Crippen molar-refractivity contribution < 1.29 is 23.8 Å². The first kappa shape index (κ1) is 24.2. The Morgan fingerprint density at radius 1 is 1.18 bits per heavy atom. The van der Waals surface area contributed by atoms with Crippen LogP contribution < -0.4 is 19.5 Å². The van der Waals surface area contributed by atoms with Gasteiger partial charge in [-0.3, -0.25) is 9.59 Å². The summed E-state index contributed by atoms with van der Waals surface area (Å²) in [6.07, 6.45) is 7.43. The van der Waals surface area contributed by atoms with Crippen molar-refractivity contribution in [2.24, 2.45) is 5.92 Å². The molecule has 1 saturated heterocycles. The van der Waals surface area contributed by atoms with Crippen LogP contribution in [0.15, 0.2) is 60.7 Å². The molecular weight excluding hydrogens is 502 g/mol. The molecule has 38 heavy (non-hydrogen) atoms. The highest BCUT2D eigenvalue weighted by Gasteiger charge is 2.37. The molecule has 194 valence electrons. The summed E-state index contributed by atoms with van der Waals surface area (Å²) < 4.78 is 16.1. The molecule has 0 bridgehead atoms. The zero-order valence-corrected chi connectivity index (χ0v) is 21.9. The van der Waals surface area contributed by atoms with Gasteiger partial charge in [0.1, 0.15) is 5.75 Å². The maximum Gasteiger partial charge on any atom is 0.258 e. The maximum atomic E-state index is 13.3. The van der Waals surface area contributed by atoms with Crippen LogP contribution in [0.1, 0.15) is 32.9 Å². The molecular formula is C29H27N3O5S. The van der Waals surface area contributed by atoms with Gasteiger partial charge in [-0.25, -0.2) is 4.98 Å². The van der Waals surface area contributed by atoms with Crippen LogP contribution in [0.2, 0.25) is 0 Å². The van der Waals surface area contributed by atoms with Crippen LogP contribution in [0.4, 0.5) is 5.13 Å². The van der Waals surface area contributed by atoms with Gasteiger partial charge in [0.25, 0.3) is 5.91 Å². The van der Waals surface area contributed by atoms with E-state index in [0.717, 1.165) is 28.1 Å². The average Bonchev–Trinajstić information content (AvgIpc) is 3.65. The SMILES string of the molecule is COc1ccccc1C(=O)N1CCC2C=C(c3nc(NC(=O)Cc4ccc5c(c4)OCO5)sc3C)C=CC21. The number of nitrogens with zero attached hydrogens (tertiary/aromatic N) is 2. The fourth-order valence-corrected chi connectivity index (χ4v) is 6.10. The van der Waals surface area contributed by atoms with Crippen molar-refractivity contribution in [3.8, 4) is 17.2 Å². The molecule has 0 saturated carbocycles. The third kappa shape index (κ3) is 4.54. The number of carbonyl (C=O) groups excluding carboxylic acids is 2. The Morgan fingerprint density at radius 2 is 2.03 bits per heavy atom. The van der Waals surface area contributed by atoms with E-state index >= 15 is 0 Å². The number of aryl methyl sites for hydroxylation is 1. The number of methoxy groups -OCH3 is 1. The highest BCUT2D eigenvalue weighted by atomic mass is 32.1. The summed E-state index contributed by atoms with van der Waals surface area (Å²) in [5.41, 5.74) is 3.30. The topological polar surface area (TPSA) is 90.0 Å². The number of ether oxygens (including phenoxy) is 3. The molecule has 3 heterocycles. The van der Waals surface area contributed by atoms with Gasteiger partial charge in [0.15, 0.2) is 16.6 Å². The minimum Gasteiger partial charge on any atom is -0.496 e. The molecule has 3 aromatic rings. The number of para-hydroxylation sites is 1. The van der Waals surface area contributed by atoms with Crippen LogP contribution in [-0.2, 0) is 11.2 Å². The molecule has 1 fully saturated rings. The zero-order valence-electron chi connectivity index (χ0n) is 21.1. The molecule has 2 unspecified atom stereocenters. The Labute approximate surface area is 224 Å². The molecule has 0 spiro atoms. The van der Waals surface area contributed by atoms with Gasteiger partial charge in [-0.2, -0.15) is 0 Å². The van der Waals surface area contributed by atoms with Gasteiger partial charge in [0.2, 0.25) is 12.7 Å². The van der Waals surface area contributed by atoms with E-state index in [2.05, 4.69) is 17.5 Å². The van der Waals surface area contributed by atoms with Gasteiger partial charge in [0.05, 0.1) is 30.8 Å². The highest BCUT2D eigenvalue weighted by Crippen LogP contribution is 2.38. The molecule has 1 aromatic heterocycles. The number of allylic oxidation sites excluding steroid dienone is 2. The summed E-state index contributed by atoms with van der Waals surface area (Å²) in [7, 11) is 1.58. The van der Waals surface area contributed by atoms with Gasteiger partial charge in [-0.1, -0.05) is 36.4 Å². The number of thiazole rings is 1. The van der Waals surface area contributed by atoms with E-state index in [1.54, 1.807) is 7.11 Å². The second-order valence-electron chi connectivity index (χ2n) is 9.46. The molecule has 3 aliphatic rings. The monoisotopic (exact) mass is 529 g/mol. The van der Waals surface area contributed by atoms with E-state index < -0.39 is 0 Å². The first-order valence-electron chi connectivity index (χ1n) is 12.5. The third-order valence-corrected chi connectivity index (χ3v) is 7.97. The Hall–Kier alpha value is -4.11. The summed E-state index contributed by atoms with van der Waals surface area (Å²) >= 11 is 1.46. The molecule has 2 aromatic carbocycles. The van der Waals surface area contributed by atoms with Crippen LogP contribution in [0.25, 0.3) is 5.57 Å². The molecule has 1 aliphatic carbocycles. The molecule has 2 amide bonds. The van der Waals surface area contributed by atoms with E-state index in [4.69, 9.17) is 19.2 Å². The largest absolute Gasteiger partial charge is 0.496 e. The Bertz CT molecular complexity index is 1480. The van der Waals surface area contributed by atoms with E-state index in [1.807, 2.05) is 60.4 Å². The van der Waals surface area contributed by atoms with E-state index in [-0.39, 0.29) is 37.0 Å². The number of benzene rings is 2. The smallest absolute Gasteiger partial charge is 0.258 e. The molecule has 2 aliphatic heterocycles. The van der Waals surface area contributed by atoms with E-state index in [9.17, 15) is 9.59 Å². The minimum absolute atomic E-state index is 0.00372. The van der Waals surface area contributed by atoms with Crippen LogP contribution in [0, 0.1) is 12.8 Å².